The molecule has 3 nitrogen and oxygen atoms in total. The van der Waals surface area contributed by atoms with Gasteiger partial charge in [0.05, 0.1) is 0 Å². The van der Waals surface area contributed by atoms with E-state index in [-0.39, 0.29) is 0 Å². The van der Waals surface area contributed by atoms with Crippen molar-refractivity contribution in [3.8, 4) is 0 Å². The van der Waals surface area contributed by atoms with Crippen molar-refractivity contribution in [3.63, 3.8) is 0 Å². The molecule has 0 fully saturated rings. The molecule has 0 unspecified atom stereocenters. The monoisotopic (exact) mass is 289 g/mol. The lowest BCUT2D eigenvalue weighted by Crippen LogP contribution is -2.23. The van der Waals surface area contributed by atoms with Crippen LogP contribution >= 0.6 is 0 Å². The summed E-state index contributed by atoms with van der Waals surface area (Å²) >= 11 is 0. The summed E-state index contributed by atoms with van der Waals surface area (Å²) in [5.74, 6) is 1.52. The Kier molecular flexibility index (Phi) is 7.44. The van der Waals surface area contributed by atoms with E-state index in [0.29, 0.717) is 12.0 Å². The first-order chi connectivity index (χ1) is 9.93. The van der Waals surface area contributed by atoms with E-state index in [1.165, 1.54) is 11.3 Å². The minimum absolute atomic E-state index is 0.448. The minimum Gasteiger partial charge on any atom is -0.360 e. The normalized spacial score (nSPS) is 11.2. The fraction of sp³-hybridized carbons (Fsp3) is 0.611. The van der Waals surface area contributed by atoms with E-state index in [1.54, 1.807) is 0 Å². The second kappa shape index (κ2) is 8.83. The Balaban J connectivity index is 2.87. The fourth-order valence-corrected chi connectivity index (χ4v) is 2.10. The maximum absolute atomic E-state index is 4.81. The van der Waals surface area contributed by atoms with Crippen LogP contribution in [0.15, 0.2) is 24.8 Å². The molecule has 0 radical (unpaired) electrons. The van der Waals surface area contributed by atoms with Crippen molar-refractivity contribution in [2.75, 3.05) is 18.5 Å². The molecule has 0 aliphatic rings. The third-order valence-corrected chi connectivity index (χ3v) is 3.49. The number of nitrogens with zero attached hydrogens (tertiary/aromatic N) is 2. The van der Waals surface area contributed by atoms with Crippen LogP contribution in [0.25, 0.3) is 0 Å². The maximum Gasteiger partial charge on any atom is 0.128 e. The molecule has 0 aromatic carbocycles. The number of hydrogen-bond donors (Lipinski definition) is 1. The minimum atomic E-state index is 0.448. The zero-order chi connectivity index (χ0) is 15.8. The lowest BCUT2D eigenvalue weighted by molar-refractivity contribution is 0.587. The highest BCUT2D eigenvalue weighted by Gasteiger charge is 2.09. The molecule has 21 heavy (non-hydrogen) atoms. The Morgan fingerprint density at radius 2 is 2.00 bits per heavy atom. The van der Waals surface area contributed by atoms with Crippen molar-refractivity contribution >= 4 is 5.82 Å². The topological polar surface area (TPSA) is 28.2 Å². The van der Waals surface area contributed by atoms with E-state index in [4.69, 9.17) is 4.98 Å². The third kappa shape index (κ3) is 6.30. The molecule has 0 atom stereocenters. The van der Waals surface area contributed by atoms with Gasteiger partial charge in [-0.05, 0) is 36.5 Å². The molecule has 0 bridgehead atoms. The summed E-state index contributed by atoms with van der Waals surface area (Å²) in [5, 5.41) is 3.49. The summed E-state index contributed by atoms with van der Waals surface area (Å²) in [6.07, 6.45) is 4.15. The van der Waals surface area contributed by atoms with Gasteiger partial charge in [0.25, 0.3) is 0 Å². The van der Waals surface area contributed by atoms with E-state index in [2.05, 4.69) is 63.7 Å². The molecular weight excluding hydrogens is 258 g/mol. The highest BCUT2D eigenvalue weighted by molar-refractivity contribution is 5.42. The predicted octanol–water partition coefficient (Wildman–Crippen LogP) is 4.11. The third-order valence-electron chi connectivity index (χ3n) is 3.49. The van der Waals surface area contributed by atoms with Gasteiger partial charge in [0.1, 0.15) is 5.82 Å². The smallest absolute Gasteiger partial charge is 0.128 e. The van der Waals surface area contributed by atoms with Crippen LogP contribution in [0.2, 0.25) is 0 Å². The van der Waals surface area contributed by atoms with Gasteiger partial charge < -0.3 is 10.2 Å². The van der Waals surface area contributed by atoms with Crippen molar-refractivity contribution in [2.24, 2.45) is 0 Å². The quantitative estimate of drug-likeness (QED) is 0.548. The molecule has 1 N–H and O–H groups in total. The summed E-state index contributed by atoms with van der Waals surface area (Å²) in [6, 6.07) is 4.92. The summed E-state index contributed by atoms with van der Waals surface area (Å²) in [7, 11) is 2.12. The highest BCUT2D eigenvalue weighted by Crippen LogP contribution is 2.20. The van der Waals surface area contributed by atoms with Crippen LogP contribution in [0, 0.1) is 0 Å². The van der Waals surface area contributed by atoms with Crippen molar-refractivity contribution in [2.45, 2.75) is 59.0 Å². The number of hydrogen-bond acceptors (Lipinski definition) is 3. The van der Waals surface area contributed by atoms with E-state index in [1.807, 2.05) is 6.08 Å². The molecule has 0 saturated carbocycles. The Hall–Kier alpha value is -1.35. The zero-order valence-electron chi connectivity index (χ0n) is 14.3. The van der Waals surface area contributed by atoms with E-state index < -0.39 is 0 Å². The number of aromatic nitrogens is 1. The molecule has 1 rings (SSSR count). The van der Waals surface area contributed by atoms with Gasteiger partial charge in [-0.2, -0.15) is 0 Å². The lowest BCUT2D eigenvalue weighted by atomic mass is 10.1. The number of rotatable bonds is 9. The van der Waals surface area contributed by atoms with Gasteiger partial charge in [-0.3, -0.25) is 0 Å². The standard InChI is InChI=1S/C18H31N3/c1-7-8-9-10-21(6)18-12-16(13-19-15(4)5)11-17(20-18)14(2)3/h7,11-12,14-15,19H,1,8-10,13H2,2-6H3. The number of anilines is 1. The summed E-state index contributed by atoms with van der Waals surface area (Å²) in [5.41, 5.74) is 2.48. The summed E-state index contributed by atoms with van der Waals surface area (Å²) < 4.78 is 0. The Morgan fingerprint density at radius 1 is 1.29 bits per heavy atom. The van der Waals surface area contributed by atoms with Crippen LogP contribution in [-0.4, -0.2) is 24.6 Å². The molecule has 0 amide bonds. The van der Waals surface area contributed by atoms with E-state index >= 15 is 0 Å². The van der Waals surface area contributed by atoms with Crippen LogP contribution in [0.1, 0.15) is 57.7 Å². The van der Waals surface area contributed by atoms with Crippen LogP contribution in [-0.2, 0) is 6.54 Å². The van der Waals surface area contributed by atoms with Crippen molar-refractivity contribution in [3.05, 3.63) is 36.0 Å². The van der Waals surface area contributed by atoms with Crippen LogP contribution < -0.4 is 10.2 Å². The van der Waals surface area contributed by atoms with Crippen molar-refractivity contribution in [1.82, 2.24) is 10.3 Å². The number of allylic oxidation sites excluding steroid dienone is 1. The highest BCUT2D eigenvalue weighted by atomic mass is 15.2. The Bertz CT molecular complexity index is 438. The summed E-state index contributed by atoms with van der Waals surface area (Å²) in [4.78, 5) is 7.06. The average Bonchev–Trinajstić information content (AvgIpc) is 2.44. The molecule has 0 aliphatic carbocycles. The van der Waals surface area contributed by atoms with Gasteiger partial charge in [0.2, 0.25) is 0 Å². The van der Waals surface area contributed by atoms with Crippen molar-refractivity contribution in [1.29, 1.82) is 0 Å². The molecular formula is C18H31N3. The van der Waals surface area contributed by atoms with Gasteiger partial charge in [0, 0.05) is 31.9 Å². The SMILES string of the molecule is C=CCCCN(C)c1cc(CNC(C)C)cc(C(C)C)n1. The predicted molar refractivity (Wildman–Crippen MR) is 93.0 cm³/mol. The number of pyridine rings is 1. The van der Waals surface area contributed by atoms with Crippen molar-refractivity contribution < 1.29 is 0 Å². The first kappa shape index (κ1) is 17.7. The van der Waals surface area contributed by atoms with Crippen LogP contribution in [0.3, 0.4) is 0 Å². The van der Waals surface area contributed by atoms with Gasteiger partial charge >= 0.3 is 0 Å². The Morgan fingerprint density at radius 3 is 2.57 bits per heavy atom. The second-order valence-electron chi connectivity index (χ2n) is 6.30. The first-order valence-electron chi connectivity index (χ1n) is 8.00. The molecule has 1 aromatic heterocycles. The molecule has 118 valence electrons. The summed E-state index contributed by atoms with van der Waals surface area (Å²) in [6.45, 7) is 14.4. The molecule has 1 heterocycles. The molecule has 0 spiro atoms. The van der Waals surface area contributed by atoms with Gasteiger partial charge in [-0.1, -0.05) is 33.8 Å². The molecule has 0 saturated heterocycles. The van der Waals surface area contributed by atoms with Gasteiger partial charge in [0.15, 0.2) is 0 Å². The van der Waals surface area contributed by atoms with E-state index in [9.17, 15) is 0 Å². The number of unbranched alkanes of at least 4 members (excludes halogenated alkanes) is 1. The maximum atomic E-state index is 4.81. The van der Waals surface area contributed by atoms with Crippen LogP contribution in [0.5, 0.6) is 0 Å². The second-order valence-corrected chi connectivity index (χ2v) is 6.30. The van der Waals surface area contributed by atoms with E-state index in [0.717, 1.165) is 31.7 Å². The molecule has 1 aromatic rings. The largest absolute Gasteiger partial charge is 0.360 e. The average molecular weight is 289 g/mol. The van der Waals surface area contributed by atoms with Gasteiger partial charge in [-0.15, -0.1) is 6.58 Å². The number of nitrogens with one attached hydrogen (secondary N) is 1. The lowest BCUT2D eigenvalue weighted by Gasteiger charge is -2.21. The Labute approximate surface area is 130 Å². The first-order valence-corrected chi connectivity index (χ1v) is 8.00. The fourth-order valence-electron chi connectivity index (χ4n) is 2.10. The van der Waals surface area contributed by atoms with Gasteiger partial charge in [-0.25, -0.2) is 4.98 Å². The van der Waals surface area contributed by atoms with Crippen LogP contribution in [0.4, 0.5) is 5.82 Å². The molecule has 0 aliphatic heterocycles. The zero-order valence-corrected chi connectivity index (χ0v) is 14.3. The molecule has 3 heteroatoms.